The van der Waals surface area contributed by atoms with Crippen molar-refractivity contribution in [2.24, 2.45) is 0 Å². The van der Waals surface area contributed by atoms with Gasteiger partial charge in [0, 0.05) is 5.02 Å². The van der Waals surface area contributed by atoms with Crippen molar-refractivity contribution in [1.82, 2.24) is 15.3 Å². The molecule has 1 atom stereocenters. The number of carbonyl (C=O) groups excluding carboxylic acids is 1. The number of aromatic nitrogens is 2. The first-order valence-corrected chi connectivity index (χ1v) is 9.30. The number of carbonyl (C=O) groups is 1. The molecular formula is C18H21BrClN3O4. The van der Waals surface area contributed by atoms with Crippen LogP contribution in [0.5, 0.6) is 5.88 Å². The predicted octanol–water partition coefficient (Wildman–Crippen LogP) is 4.00. The summed E-state index contributed by atoms with van der Waals surface area (Å²) in [6, 6.07) is 6.99. The van der Waals surface area contributed by atoms with Crippen LogP contribution in [0.15, 0.2) is 39.9 Å². The Balaban J connectivity index is 2.28. The van der Waals surface area contributed by atoms with Crippen LogP contribution in [-0.4, -0.2) is 28.3 Å². The Bertz CT molecular complexity index is 864. The third-order valence-electron chi connectivity index (χ3n) is 3.52. The van der Waals surface area contributed by atoms with Gasteiger partial charge in [-0.1, -0.05) is 23.7 Å². The van der Waals surface area contributed by atoms with Gasteiger partial charge in [-0.2, -0.15) is 0 Å². The third-order valence-corrected chi connectivity index (χ3v) is 4.47. The van der Waals surface area contributed by atoms with Crippen molar-refractivity contribution in [3.05, 3.63) is 56.0 Å². The third kappa shape index (κ3) is 5.97. The van der Waals surface area contributed by atoms with E-state index in [-0.39, 0.29) is 22.5 Å². The molecule has 0 aliphatic rings. The molecule has 2 N–H and O–H groups in total. The highest BCUT2D eigenvalue weighted by atomic mass is 79.9. The van der Waals surface area contributed by atoms with Crippen LogP contribution in [0.25, 0.3) is 0 Å². The zero-order chi connectivity index (χ0) is 20.2. The topological polar surface area (TPSA) is 93.3 Å². The molecule has 1 amide bonds. The Hall–Kier alpha value is -2.06. The number of rotatable bonds is 5. The molecule has 0 aliphatic heterocycles. The van der Waals surface area contributed by atoms with Gasteiger partial charge < -0.3 is 19.8 Å². The minimum absolute atomic E-state index is 0.00291. The second-order valence-electron chi connectivity index (χ2n) is 7.11. The monoisotopic (exact) mass is 457 g/mol. The van der Waals surface area contributed by atoms with E-state index in [0.717, 1.165) is 5.56 Å². The fourth-order valence-corrected chi connectivity index (χ4v) is 2.68. The van der Waals surface area contributed by atoms with Crippen LogP contribution >= 0.6 is 27.5 Å². The Kier molecular flexibility index (Phi) is 6.54. The van der Waals surface area contributed by atoms with Gasteiger partial charge in [-0.25, -0.2) is 9.78 Å². The van der Waals surface area contributed by atoms with Gasteiger partial charge in [0.05, 0.1) is 11.9 Å². The maximum atomic E-state index is 12.4. The SMILES string of the molecule is CC(C)(C)OC(=O)N[C@](C)(COc1nc[nH]c(=O)c1Br)c1ccc(Cl)cc1. The number of nitrogens with zero attached hydrogens (tertiary/aromatic N) is 1. The lowest BCUT2D eigenvalue weighted by molar-refractivity contribution is 0.0421. The highest BCUT2D eigenvalue weighted by Crippen LogP contribution is 2.26. The van der Waals surface area contributed by atoms with Crippen LogP contribution in [0, 0.1) is 0 Å². The van der Waals surface area contributed by atoms with Crippen molar-refractivity contribution in [3.63, 3.8) is 0 Å². The van der Waals surface area contributed by atoms with Gasteiger partial charge in [-0.3, -0.25) is 4.79 Å². The second kappa shape index (κ2) is 8.31. The number of ether oxygens (including phenoxy) is 2. The van der Waals surface area contributed by atoms with Crippen LogP contribution in [-0.2, 0) is 10.3 Å². The molecule has 0 saturated heterocycles. The average molecular weight is 459 g/mol. The van der Waals surface area contributed by atoms with Gasteiger partial charge in [-0.15, -0.1) is 0 Å². The normalized spacial score (nSPS) is 13.6. The molecule has 0 aliphatic carbocycles. The first kappa shape index (κ1) is 21.2. The first-order valence-electron chi connectivity index (χ1n) is 8.13. The molecule has 7 nitrogen and oxygen atoms in total. The number of H-pyrrole nitrogens is 1. The highest BCUT2D eigenvalue weighted by Gasteiger charge is 2.32. The van der Waals surface area contributed by atoms with E-state index >= 15 is 0 Å². The molecule has 0 unspecified atom stereocenters. The number of aromatic amines is 1. The fraction of sp³-hybridized carbons (Fsp3) is 0.389. The summed E-state index contributed by atoms with van der Waals surface area (Å²) in [6.07, 6.45) is 0.644. The van der Waals surface area contributed by atoms with Crippen LogP contribution in [0.2, 0.25) is 5.02 Å². The summed E-state index contributed by atoms with van der Waals surface area (Å²) in [4.78, 5) is 30.5. The van der Waals surface area contributed by atoms with Crippen molar-refractivity contribution in [2.75, 3.05) is 6.61 Å². The average Bonchev–Trinajstić information content (AvgIpc) is 2.55. The van der Waals surface area contributed by atoms with Gasteiger partial charge in [0.2, 0.25) is 5.88 Å². The highest BCUT2D eigenvalue weighted by molar-refractivity contribution is 9.10. The molecule has 0 bridgehead atoms. The second-order valence-corrected chi connectivity index (χ2v) is 8.33. The molecule has 146 valence electrons. The summed E-state index contributed by atoms with van der Waals surface area (Å²) in [5, 5.41) is 3.40. The standard InChI is InChI=1S/C18H21BrClN3O4/c1-17(2,3)27-16(25)23-18(4,11-5-7-12(20)8-6-11)9-26-15-13(19)14(24)21-10-22-15/h5-8,10H,9H2,1-4H3,(H,23,25)(H,21,22,24)/t18-/m1/s1. The maximum Gasteiger partial charge on any atom is 0.408 e. The molecule has 0 saturated carbocycles. The molecule has 0 radical (unpaired) electrons. The molecule has 0 fully saturated rings. The van der Waals surface area contributed by atoms with Gasteiger partial charge >= 0.3 is 6.09 Å². The fourth-order valence-electron chi connectivity index (χ4n) is 2.22. The molecular weight excluding hydrogens is 438 g/mol. The Morgan fingerprint density at radius 3 is 2.48 bits per heavy atom. The lowest BCUT2D eigenvalue weighted by Crippen LogP contribution is -2.49. The van der Waals surface area contributed by atoms with Gasteiger partial charge in [0.25, 0.3) is 5.56 Å². The van der Waals surface area contributed by atoms with E-state index in [0.29, 0.717) is 5.02 Å². The van der Waals surface area contributed by atoms with Crippen LogP contribution in [0.3, 0.4) is 0 Å². The molecule has 1 heterocycles. The van der Waals surface area contributed by atoms with Gasteiger partial charge in [0.15, 0.2) is 0 Å². The van der Waals surface area contributed by atoms with Crippen LogP contribution in [0.1, 0.15) is 33.3 Å². The number of benzene rings is 1. The summed E-state index contributed by atoms with van der Waals surface area (Å²) < 4.78 is 11.2. The van der Waals surface area contributed by atoms with E-state index < -0.39 is 17.2 Å². The van der Waals surface area contributed by atoms with E-state index in [2.05, 4.69) is 31.2 Å². The van der Waals surface area contributed by atoms with E-state index in [1.165, 1.54) is 6.33 Å². The summed E-state index contributed by atoms with van der Waals surface area (Å²) in [5.74, 6) is 0.116. The van der Waals surface area contributed by atoms with E-state index in [1.807, 2.05) is 0 Å². The van der Waals surface area contributed by atoms with Crippen molar-refractivity contribution in [2.45, 2.75) is 38.8 Å². The lowest BCUT2D eigenvalue weighted by Gasteiger charge is -2.32. The van der Waals surface area contributed by atoms with Crippen molar-refractivity contribution in [1.29, 1.82) is 0 Å². The largest absolute Gasteiger partial charge is 0.474 e. The number of halogens is 2. The maximum absolute atomic E-state index is 12.4. The number of hydrogen-bond acceptors (Lipinski definition) is 5. The molecule has 0 spiro atoms. The molecule has 27 heavy (non-hydrogen) atoms. The van der Waals surface area contributed by atoms with Crippen molar-refractivity contribution < 1.29 is 14.3 Å². The summed E-state index contributed by atoms with van der Waals surface area (Å²) in [7, 11) is 0. The lowest BCUT2D eigenvalue weighted by atomic mass is 9.93. The van der Waals surface area contributed by atoms with E-state index in [1.54, 1.807) is 52.0 Å². The summed E-state index contributed by atoms with van der Waals surface area (Å²) in [5.41, 5.74) is -1.23. The Labute approximate surface area is 170 Å². The Morgan fingerprint density at radius 2 is 1.89 bits per heavy atom. The van der Waals surface area contributed by atoms with Gasteiger partial charge in [-0.05, 0) is 61.3 Å². The quantitative estimate of drug-likeness (QED) is 0.706. The zero-order valence-electron chi connectivity index (χ0n) is 15.4. The minimum Gasteiger partial charge on any atom is -0.474 e. The number of hydrogen-bond donors (Lipinski definition) is 2. The first-order chi connectivity index (χ1) is 12.5. The van der Waals surface area contributed by atoms with E-state index in [4.69, 9.17) is 21.1 Å². The Morgan fingerprint density at radius 1 is 1.26 bits per heavy atom. The molecule has 9 heteroatoms. The minimum atomic E-state index is -0.962. The zero-order valence-corrected chi connectivity index (χ0v) is 17.8. The van der Waals surface area contributed by atoms with Crippen LogP contribution in [0.4, 0.5) is 4.79 Å². The summed E-state index contributed by atoms with van der Waals surface area (Å²) >= 11 is 9.11. The smallest absolute Gasteiger partial charge is 0.408 e. The molecule has 2 aromatic rings. The molecule has 2 rings (SSSR count). The van der Waals surface area contributed by atoms with Crippen molar-refractivity contribution >= 4 is 33.6 Å². The van der Waals surface area contributed by atoms with Gasteiger partial charge in [0.1, 0.15) is 16.7 Å². The van der Waals surface area contributed by atoms with Crippen LogP contribution < -0.4 is 15.6 Å². The molecule has 1 aromatic heterocycles. The predicted molar refractivity (Wildman–Crippen MR) is 106 cm³/mol. The number of alkyl carbamates (subject to hydrolysis) is 1. The number of amides is 1. The molecule has 1 aromatic carbocycles. The van der Waals surface area contributed by atoms with E-state index in [9.17, 15) is 9.59 Å². The summed E-state index contributed by atoms with van der Waals surface area (Å²) in [6.45, 7) is 7.12. The van der Waals surface area contributed by atoms with Crippen molar-refractivity contribution in [3.8, 4) is 5.88 Å². The number of nitrogens with one attached hydrogen (secondary N) is 2.